The molecule has 0 spiro atoms. The van der Waals surface area contributed by atoms with Gasteiger partial charge < -0.3 is 8.98 Å². The van der Waals surface area contributed by atoms with Gasteiger partial charge in [-0.05, 0) is 60.2 Å². The van der Waals surface area contributed by atoms with E-state index in [4.69, 9.17) is 19.4 Å². The van der Waals surface area contributed by atoms with Gasteiger partial charge in [-0.3, -0.25) is 0 Å². The Morgan fingerprint density at radius 1 is 0.404 bits per heavy atom. The summed E-state index contributed by atoms with van der Waals surface area (Å²) in [6.45, 7) is 0. The highest BCUT2D eigenvalue weighted by molar-refractivity contribution is 7.26. The zero-order valence-electron chi connectivity index (χ0n) is 30.4. The minimum Gasteiger partial charge on any atom is -0.456 e. The number of benzene rings is 8. The van der Waals surface area contributed by atoms with E-state index >= 15 is 0 Å². The van der Waals surface area contributed by atoms with Crippen LogP contribution in [0.15, 0.2) is 186 Å². The van der Waals surface area contributed by atoms with E-state index < -0.39 is 0 Å². The van der Waals surface area contributed by atoms with Gasteiger partial charge in [0.2, 0.25) is 0 Å². The van der Waals surface area contributed by atoms with Gasteiger partial charge in [0.25, 0.3) is 0 Å². The smallest absolute Gasteiger partial charge is 0.164 e. The average Bonchev–Trinajstić information content (AvgIpc) is 3.96. The molecule has 0 unspecified atom stereocenters. The van der Waals surface area contributed by atoms with Crippen molar-refractivity contribution in [3.8, 4) is 51.0 Å². The van der Waals surface area contributed by atoms with Crippen LogP contribution in [0.25, 0.3) is 115 Å². The van der Waals surface area contributed by atoms with Gasteiger partial charge in [0.15, 0.2) is 17.5 Å². The lowest BCUT2D eigenvalue weighted by atomic mass is 9.97. The molecule has 5 nitrogen and oxygen atoms in total. The number of aromatic nitrogens is 4. The maximum Gasteiger partial charge on any atom is 0.164 e. The van der Waals surface area contributed by atoms with E-state index in [-0.39, 0.29) is 0 Å². The third-order valence-electron chi connectivity index (χ3n) is 11.1. The van der Waals surface area contributed by atoms with Gasteiger partial charge in [-0.15, -0.1) is 11.3 Å². The van der Waals surface area contributed by atoms with Crippen molar-refractivity contribution in [1.29, 1.82) is 0 Å². The Kier molecular flexibility index (Phi) is 7.03. The summed E-state index contributed by atoms with van der Waals surface area (Å²) in [5.41, 5.74) is 10.4. The first-order valence-corrected chi connectivity index (χ1v) is 19.8. The van der Waals surface area contributed by atoms with Crippen molar-refractivity contribution in [3.05, 3.63) is 182 Å². The SMILES string of the molecule is c1ccc(-c2nc(-c3ccccc3)nc(-c3ccc4sc5c(-c6cccc7oc8ccc(-n9c%10ccccc%10c%10ccccc%109)cc8c67)cccc5c4c3)n2)cc1. The fourth-order valence-corrected chi connectivity index (χ4v) is 9.68. The molecule has 8 aromatic carbocycles. The Morgan fingerprint density at radius 2 is 1.00 bits per heavy atom. The zero-order chi connectivity index (χ0) is 37.5. The number of rotatable bonds is 5. The number of fused-ring (bicyclic) bond motifs is 9. The summed E-state index contributed by atoms with van der Waals surface area (Å²) in [6, 6.07) is 63.8. The maximum atomic E-state index is 6.56. The van der Waals surface area contributed by atoms with E-state index in [1.165, 1.54) is 47.5 Å². The second-order valence-corrected chi connectivity index (χ2v) is 15.4. The van der Waals surface area contributed by atoms with Gasteiger partial charge in [-0.25, -0.2) is 15.0 Å². The summed E-state index contributed by atoms with van der Waals surface area (Å²) in [5, 5.41) is 7.08. The Balaban J connectivity index is 1.03. The predicted octanol–water partition coefficient (Wildman–Crippen LogP) is 13.9. The maximum absolute atomic E-state index is 6.56. The molecule has 12 aromatic rings. The zero-order valence-corrected chi connectivity index (χ0v) is 31.2. The Morgan fingerprint density at radius 3 is 1.70 bits per heavy atom. The second kappa shape index (κ2) is 12.6. The lowest BCUT2D eigenvalue weighted by molar-refractivity contribution is 0.669. The van der Waals surface area contributed by atoms with Crippen molar-refractivity contribution in [2.75, 3.05) is 0 Å². The number of furan rings is 1. The molecule has 4 heterocycles. The molecular formula is C51H30N4OS. The largest absolute Gasteiger partial charge is 0.456 e. The Labute approximate surface area is 330 Å². The first-order valence-electron chi connectivity index (χ1n) is 19.0. The molecule has 0 N–H and O–H groups in total. The lowest BCUT2D eigenvalue weighted by Gasteiger charge is -2.09. The van der Waals surface area contributed by atoms with E-state index in [0.29, 0.717) is 17.5 Å². The van der Waals surface area contributed by atoms with Crippen molar-refractivity contribution < 1.29 is 4.42 Å². The molecule has 0 bridgehead atoms. The van der Waals surface area contributed by atoms with Gasteiger partial charge in [0, 0.05) is 69.7 Å². The molecule has 0 atom stereocenters. The molecule has 57 heavy (non-hydrogen) atoms. The molecule has 6 heteroatoms. The Bertz CT molecular complexity index is 3420. The highest BCUT2D eigenvalue weighted by Gasteiger charge is 2.20. The predicted molar refractivity (Wildman–Crippen MR) is 236 cm³/mol. The van der Waals surface area contributed by atoms with Crippen molar-refractivity contribution in [2.24, 2.45) is 0 Å². The molecule has 0 aliphatic rings. The van der Waals surface area contributed by atoms with Crippen molar-refractivity contribution in [3.63, 3.8) is 0 Å². The number of hydrogen-bond donors (Lipinski definition) is 0. The molecular weight excluding hydrogens is 717 g/mol. The summed E-state index contributed by atoms with van der Waals surface area (Å²) >= 11 is 1.82. The summed E-state index contributed by atoms with van der Waals surface area (Å²) in [6.07, 6.45) is 0. The van der Waals surface area contributed by atoms with E-state index in [1.807, 2.05) is 72.0 Å². The highest BCUT2D eigenvalue weighted by atomic mass is 32.1. The van der Waals surface area contributed by atoms with Crippen LogP contribution in [0.3, 0.4) is 0 Å². The third kappa shape index (κ3) is 5.04. The van der Waals surface area contributed by atoms with E-state index in [2.05, 4.69) is 126 Å². The van der Waals surface area contributed by atoms with E-state index in [9.17, 15) is 0 Å². The normalized spacial score (nSPS) is 11.9. The number of nitrogens with zero attached hydrogens (tertiary/aromatic N) is 4. The van der Waals surface area contributed by atoms with Crippen LogP contribution in [0.4, 0.5) is 0 Å². The summed E-state index contributed by atoms with van der Waals surface area (Å²) in [5.74, 6) is 1.95. The fourth-order valence-electron chi connectivity index (χ4n) is 8.47. The van der Waals surface area contributed by atoms with Crippen molar-refractivity contribution >= 4 is 75.3 Å². The number of thiophene rings is 1. The minimum absolute atomic E-state index is 0.647. The van der Waals surface area contributed by atoms with E-state index in [0.717, 1.165) is 49.9 Å². The van der Waals surface area contributed by atoms with Gasteiger partial charge in [-0.2, -0.15) is 0 Å². The highest BCUT2D eigenvalue weighted by Crippen LogP contribution is 2.45. The van der Waals surface area contributed by atoms with Crippen LogP contribution in [0.1, 0.15) is 0 Å². The standard InChI is InChI=1S/C51H30N4OS/c1-3-13-31(14-4-1)49-52-50(32-15-5-2-6-16-32)54-51(53-49)33-25-28-46-40(29-33)39-21-11-20-38(48(39)57-46)37-19-12-24-45-47(37)41-30-34(26-27-44(41)56-45)55-42-22-9-7-17-35(42)36-18-8-10-23-43(36)55/h1-30H. The van der Waals surface area contributed by atoms with Crippen LogP contribution < -0.4 is 0 Å². The van der Waals surface area contributed by atoms with Gasteiger partial charge in [-0.1, -0.05) is 127 Å². The van der Waals surface area contributed by atoms with Crippen LogP contribution in [-0.2, 0) is 0 Å². The number of hydrogen-bond acceptors (Lipinski definition) is 5. The first kappa shape index (κ1) is 31.9. The van der Waals surface area contributed by atoms with Crippen LogP contribution in [0.5, 0.6) is 0 Å². The van der Waals surface area contributed by atoms with E-state index in [1.54, 1.807) is 0 Å². The minimum atomic E-state index is 0.647. The molecule has 0 fully saturated rings. The first-order chi connectivity index (χ1) is 28.2. The van der Waals surface area contributed by atoms with Crippen LogP contribution >= 0.6 is 11.3 Å². The topological polar surface area (TPSA) is 56.7 Å². The lowest BCUT2D eigenvalue weighted by Crippen LogP contribution is -2.00. The average molecular weight is 747 g/mol. The fraction of sp³-hybridized carbons (Fsp3) is 0. The van der Waals surface area contributed by atoms with Crippen molar-refractivity contribution in [2.45, 2.75) is 0 Å². The molecule has 0 amide bonds. The molecule has 0 radical (unpaired) electrons. The molecule has 266 valence electrons. The second-order valence-electron chi connectivity index (χ2n) is 14.4. The van der Waals surface area contributed by atoms with Gasteiger partial charge in [0.05, 0.1) is 11.0 Å². The van der Waals surface area contributed by atoms with Crippen LogP contribution in [-0.4, -0.2) is 19.5 Å². The molecule has 0 saturated heterocycles. The molecule has 0 aliphatic heterocycles. The van der Waals surface area contributed by atoms with Crippen LogP contribution in [0.2, 0.25) is 0 Å². The molecule has 12 rings (SSSR count). The van der Waals surface area contributed by atoms with Gasteiger partial charge in [0.1, 0.15) is 11.2 Å². The summed E-state index contributed by atoms with van der Waals surface area (Å²) in [7, 11) is 0. The third-order valence-corrected chi connectivity index (χ3v) is 12.3. The quantitative estimate of drug-likeness (QED) is 0.176. The monoisotopic (exact) mass is 746 g/mol. The van der Waals surface area contributed by atoms with Crippen molar-refractivity contribution in [1.82, 2.24) is 19.5 Å². The summed E-state index contributed by atoms with van der Waals surface area (Å²) in [4.78, 5) is 14.9. The molecule has 0 saturated carbocycles. The number of para-hydroxylation sites is 2. The molecule has 4 aromatic heterocycles. The van der Waals surface area contributed by atoms with Crippen LogP contribution in [0, 0.1) is 0 Å². The molecule has 0 aliphatic carbocycles. The summed E-state index contributed by atoms with van der Waals surface area (Å²) < 4.78 is 11.4. The Hall–Kier alpha value is -7.41. The van der Waals surface area contributed by atoms with Gasteiger partial charge >= 0.3 is 0 Å².